The number of benzene rings is 1. The highest BCUT2D eigenvalue weighted by Gasteiger charge is 2.45. The number of ether oxygens (including phenoxy) is 1. The van der Waals surface area contributed by atoms with Crippen LogP contribution in [-0.2, 0) is 19.1 Å². The number of methoxy groups -OCH3 is 1. The molecule has 2 aliphatic heterocycles. The molecule has 2 aliphatic rings. The summed E-state index contributed by atoms with van der Waals surface area (Å²) in [6.07, 6.45) is 0.121. The Morgan fingerprint density at radius 1 is 1.23 bits per heavy atom. The molecule has 2 heterocycles. The van der Waals surface area contributed by atoms with Crippen LogP contribution in [0.15, 0.2) is 30.3 Å². The number of aliphatic carboxylic acids is 1. The zero-order valence-corrected chi connectivity index (χ0v) is 15.0. The number of rotatable bonds is 5. The number of carbonyl (C=O) groups is 3. The molecule has 7 heteroatoms. The zero-order valence-electron chi connectivity index (χ0n) is 15.0. The van der Waals surface area contributed by atoms with Crippen LogP contribution in [0, 0.1) is 5.92 Å². The van der Waals surface area contributed by atoms with Crippen LogP contribution in [0.5, 0.6) is 0 Å². The van der Waals surface area contributed by atoms with E-state index < -0.39 is 17.9 Å². The molecular formula is C19H24N2O5. The molecule has 0 bridgehead atoms. The summed E-state index contributed by atoms with van der Waals surface area (Å²) in [5.74, 6) is -1.88. The molecule has 0 spiro atoms. The lowest BCUT2D eigenvalue weighted by Gasteiger charge is -2.27. The van der Waals surface area contributed by atoms with Crippen molar-refractivity contribution in [2.75, 3.05) is 20.2 Å². The van der Waals surface area contributed by atoms with Gasteiger partial charge in [-0.1, -0.05) is 30.3 Å². The molecule has 3 rings (SSSR count). The van der Waals surface area contributed by atoms with E-state index in [1.165, 1.54) is 12.0 Å². The standard InChI is InChI=1S/C19H24N2O5/c1-12(13-6-4-3-5-7-13)20-10-14(8-17(20)22)18(23)21-11-15(26-2)9-16(21)19(24)25/h3-7,12,14-16H,8-11H2,1-2H3,(H,24,25). The predicted octanol–water partition coefficient (Wildman–Crippen LogP) is 1.30. The van der Waals surface area contributed by atoms with Gasteiger partial charge in [-0.2, -0.15) is 0 Å². The molecule has 0 aromatic heterocycles. The number of hydrogen-bond acceptors (Lipinski definition) is 4. The highest BCUT2D eigenvalue weighted by atomic mass is 16.5. The van der Waals surface area contributed by atoms with Gasteiger partial charge in [-0.15, -0.1) is 0 Å². The van der Waals surface area contributed by atoms with Crippen molar-refractivity contribution >= 4 is 17.8 Å². The van der Waals surface area contributed by atoms with Gasteiger partial charge >= 0.3 is 5.97 Å². The molecule has 0 aliphatic carbocycles. The van der Waals surface area contributed by atoms with E-state index in [0.717, 1.165) is 5.56 Å². The van der Waals surface area contributed by atoms with Crippen molar-refractivity contribution in [2.45, 2.75) is 38.0 Å². The Labute approximate surface area is 152 Å². The van der Waals surface area contributed by atoms with Gasteiger partial charge in [-0.25, -0.2) is 4.79 Å². The number of carboxylic acid groups (broad SMARTS) is 1. The Morgan fingerprint density at radius 3 is 2.54 bits per heavy atom. The first kappa shape index (κ1) is 18.4. The number of carbonyl (C=O) groups excluding carboxylic acids is 2. The van der Waals surface area contributed by atoms with Crippen molar-refractivity contribution in [3.63, 3.8) is 0 Å². The molecule has 1 aromatic rings. The molecule has 2 saturated heterocycles. The maximum Gasteiger partial charge on any atom is 0.326 e. The minimum absolute atomic E-state index is 0.0749. The molecule has 7 nitrogen and oxygen atoms in total. The van der Waals surface area contributed by atoms with Crippen molar-refractivity contribution in [2.24, 2.45) is 5.92 Å². The molecule has 1 aromatic carbocycles. The summed E-state index contributed by atoms with van der Waals surface area (Å²) in [4.78, 5) is 39.9. The summed E-state index contributed by atoms with van der Waals surface area (Å²) < 4.78 is 5.24. The fraction of sp³-hybridized carbons (Fsp3) is 0.526. The maximum atomic E-state index is 12.9. The summed E-state index contributed by atoms with van der Waals surface area (Å²) in [5, 5.41) is 9.40. The van der Waals surface area contributed by atoms with Gasteiger partial charge in [0.05, 0.1) is 18.1 Å². The largest absolute Gasteiger partial charge is 0.480 e. The average Bonchev–Trinajstić information content (AvgIpc) is 3.25. The third-order valence-corrected chi connectivity index (χ3v) is 5.42. The molecular weight excluding hydrogens is 336 g/mol. The average molecular weight is 360 g/mol. The van der Waals surface area contributed by atoms with Gasteiger partial charge in [0.15, 0.2) is 0 Å². The van der Waals surface area contributed by atoms with Crippen LogP contribution in [0.2, 0.25) is 0 Å². The minimum Gasteiger partial charge on any atom is -0.480 e. The van der Waals surface area contributed by atoms with Crippen molar-refractivity contribution in [3.8, 4) is 0 Å². The third kappa shape index (κ3) is 3.44. The van der Waals surface area contributed by atoms with Gasteiger partial charge in [-0.05, 0) is 12.5 Å². The van der Waals surface area contributed by atoms with E-state index >= 15 is 0 Å². The van der Waals surface area contributed by atoms with Crippen LogP contribution in [0.25, 0.3) is 0 Å². The first-order valence-electron chi connectivity index (χ1n) is 8.82. The van der Waals surface area contributed by atoms with Crippen LogP contribution in [0.1, 0.15) is 31.4 Å². The fourth-order valence-corrected chi connectivity index (χ4v) is 3.86. The van der Waals surface area contributed by atoms with Gasteiger partial charge in [0.25, 0.3) is 0 Å². The van der Waals surface area contributed by atoms with Crippen molar-refractivity contribution in [1.82, 2.24) is 9.80 Å². The van der Waals surface area contributed by atoms with Crippen LogP contribution >= 0.6 is 0 Å². The number of carboxylic acids is 1. The first-order chi connectivity index (χ1) is 12.4. The van der Waals surface area contributed by atoms with Crippen LogP contribution in [0.4, 0.5) is 0 Å². The van der Waals surface area contributed by atoms with Crippen molar-refractivity contribution in [3.05, 3.63) is 35.9 Å². The molecule has 0 radical (unpaired) electrons. The Balaban J connectivity index is 1.71. The van der Waals surface area contributed by atoms with E-state index in [-0.39, 0.29) is 43.3 Å². The summed E-state index contributed by atoms with van der Waals surface area (Å²) in [6.45, 7) is 2.51. The Bertz CT molecular complexity index is 692. The molecule has 0 saturated carbocycles. The third-order valence-electron chi connectivity index (χ3n) is 5.42. The summed E-state index contributed by atoms with van der Waals surface area (Å²) in [6, 6.07) is 8.66. The Hall–Kier alpha value is -2.41. The summed E-state index contributed by atoms with van der Waals surface area (Å²) in [5.41, 5.74) is 1.01. The van der Waals surface area contributed by atoms with Gasteiger partial charge in [0.2, 0.25) is 11.8 Å². The minimum atomic E-state index is -1.03. The lowest BCUT2D eigenvalue weighted by molar-refractivity contribution is -0.149. The van der Waals surface area contributed by atoms with Crippen molar-refractivity contribution < 1.29 is 24.2 Å². The second-order valence-electron chi connectivity index (χ2n) is 6.97. The second-order valence-corrected chi connectivity index (χ2v) is 6.97. The quantitative estimate of drug-likeness (QED) is 0.855. The number of likely N-dealkylation sites (tertiary alicyclic amines) is 2. The molecule has 1 N–H and O–H groups in total. The monoisotopic (exact) mass is 360 g/mol. The number of nitrogens with zero attached hydrogens (tertiary/aromatic N) is 2. The first-order valence-corrected chi connectivity index (χ1v) is 8.82. The molecule has 4 unspecified atom stereocenters. The SMILES string of the molecule is COC1CC(C(=O)O)N(C(=O)C2CC(=O)N(C(C)c3ccccc3)C2)C1. The number of amides is 2. The Kier molecular flexibility index (Phi) is 5.27. The van der Waals surface area contributed by atoms with E-state index in [1.54, 1.807) is 4.90 Å². The van der Waals surface area contributed by atoms with Gasteiger partial charge < -0.3 is 19.6 Å². The summed E-state index contributed by atoms with van der Waals surface area (Å²) in [7, 11) is 1.51. The molecule has 2 amide bonds. The van der Waals surface area contributed by atoms with E-state index in [4.69, 9.17) is 4.74 Å². The Morgan fingerprint density at radius 2 is 1.92 bits per heavy atom. The lowest BCUT2D eigenvalue weighted by Crippen LogP contribution is -2.44. The second kappa shape index (κ2) is 7.45. The normalized spacial score (nSPS) is 27.0. The molecule has 4 atom stereocenters. The molecule has 26 heavy (non-hydrogen) atoms. The van der Waals surface area contributed by atoms with Gasteiger partial charge in [0.1, 0.15) is 6.04 Å². The zero-order chi connectivity index (χ0) is 18.8. The van der Waals surface area contributed by atoms with Crippen LogP contribution in [0.3, 0.4) is 0 Å². The van der Waals surface area contributed by atoms with E-state index in [0.29, 0.717) is 6.54 Å². The fourth-order valence-electron chi connectivity index (χ4n) is 3.86. The summed E-state index contributed by atoms with van der Waals surface area (Å²) >= 11 is 0. The van der Waals surface area contributed by atoms with Crippen molar-refractivity contribution in [1.29, 1.82) is 0 Å². The van der Waals surface area contributed by atoms with Gasteiger partial charge in [-0.3, -0.25) is 9.59 Å². The smallest absolute Gasteiger partial charge is 0.326 e. The molecule has 140 valence electrons. The maximum absolute atomic E-state index is 12.9. The van der Waals surface area contributed by atoms with E-state index in [9.17, 15) is 19.5 Å². The van der Waals surface area contributed by atoms with E-state index in [2.05, 4.69) is 0 Å². The van der Waals surface area contributed by atoms with Crippen LogP contribution in [-0.4, -0.2) is 65.0 Å². The number of hydrogen-bond donors (Lipinski definition) is 1. The highest BCUT2D eigenvalue weighted by molar-refractivity contribution is 5.92. The highest BCUT2D eigenvalue weighted by Crippen LogP contribution is 2.31. The van der Waals surface area contributed by atoms with Gasteiger partial charge in [0, 0.05) is 33.0 Å². The lowest BCUT2D eigenvalue weighted by atomic mass is 10.1. The van der Waals surface area contributed by atoms with E-state index in [1.807, 2.05) is 37.3 Å². The van der Waals surface area contributed by atoms with Crippen LogP contribution < -0.4 is 0 Å². The molecule has 2 fully saturated rings. The topological polar surface area (TPSA) is 87.1 Å². The predicted molar refractivity (Wildman–Crippen MR) is 93.2 cm³/mol.